The lowest BCUT2D eigenvalue weighted by Gasteiger charge is -2.11. The molecule has 3 aromatic carbocycles. The zero-order valence-corrected chi connectivity index (χ0v) is 24.8. The number of nitrogen functional groups attached to an aromatic ring is 3. The highest BCUT2D eigenvalue weighted by molar-refractivity contribution is 6.09. The number of hydrazone groups is 1. The third kappa shape index (κ3) is 9.23. The highest BCUT2D eigenvalue weighted by atomic mass is 19.1. The normalized spacial score (nSPS) is 10.9. The number of carbonyl (C=O) groups excluding carboxylic acids is 2. The maximum atomic E-state index is 15.0. The Labute approximate surface area is 263 Å². The number of aromatic nitrogens is 2. The number of nitrogens with zero attached hydrogens (tertiary/aromatic N) is 3. The van der Waals surface area contributed by atoms with Crippen molar-refractivity contribution in [1.82, 2.24) is 26.1 Å². The molecule has 0 saturated heterocycles. The Morgan fingerprint density at radius 2 is 1.54 bits per heavy atom. The number of fused-ring (bicyclic) bond motifs is 1. The van der Waals surface area contributed by atoms with Crippen molar-refractivity contribution in [2.24, 2.45) is 16.7 Å². The van der Waals surface area contributed by atoms with Crippen LogP contribution in [0.25, 0.3) is 10.9 Å². The summed E-state index contributed by atoms with van der Waals surface area (Å²) in [6.45, 7) is 0.579. The van der Waals surface area contributed by atoms with E-state index in [1.807, 2.05) is 12.1 Å². The van der Waals surface area contributed by atoms with Crippen LogP contribution in [0.1, 0.15) is 50.2 Å². The first-order valence-corrected chi connectivity index (χ1v) is 14.0. The lowest BCUT2D eigenvalue weighted by Crippen LogP contribution is -2.30. The number of hydrazine groups is 1. The zero-order valence-electron chi connectivity index (χ0n) is 24.8. The van der Waals surface area contributed by atoms with Gasteiger partial charge in [0.25, 0.3) is 18.3 Å². The Bertz CT molecular complexity index is 1720. The summed E-state index contributed by atoms with van der Waals surface area (Å²) in [6.07, 6.45) is 2.28. The van der Waals surface area contributed by atoms with Gasteiger partial charge in [-0.25, -0.2) is 20.8 Å². The quantitative estimate of drug-likeness (QED) is 0.0201. The molecule has 1 aromatic heterocycles. The molecule has 0 atom stereocenters. The zero-order chi connectivity index (χ0) is 33.6. The maximum Gasteiger partial charge on any atom is 0.290 e. The topological polar surface area (TPSA) is 276 Å². The lowest BCUT2D eigenvalue weighted by atomic mass is 10.0. The van der Waals surface area contributed by atoms with E-state index in [1.165, 1.54) is 0 Å². The predicted octanol–water partition coefficient (Wildman–Crippen LogP) is 1.03. The summed E-state index contributed by atoms with van der Waals surface area (Å²) < 4.78 is 15.0. The van der Waals surface area contributed by atoms with E-state index in [9.17, 15) is 9.59 Å². The molecule has 15 nitrogen and oxygen atoms in total. The molecule has 0 aliphatic heterocycles. The molecule has 14 N–H and O–H groups in total. The first-order chi connectivity index (χ1) is 22.1. The number of hydrogen-bond acceptors (Lipinski definition) is 11. The second-order valence-corrected chi connectivity index (χ2v) is 9.85. The maximum absolute atomic E-state index is 15.0. The number of nitrogens with one attached hydrogen (secondary N) is 3. The van der Waals surface area contributed by atoms with Gasteiger partial charge in [-0.15, -0.1) is 5.10 Å². The summed E-state index contributed by atoms with van der Waals surface area (Å²) >= 11 is 0. The van der Waals surface area contributed by atoms with Crippen molar-refractivity contribution in [3.63, 3.8) is 0 Å². The van der Waals surface area contributed by atoms with Crippen molar-refractivity contribution in [3.8, 4) is 0 Å². The fourth-order valence-corrected chi connectivity index (χ4v) is 4.52. The van der Waals surface area contributed by atoms with Crippen molar-refractivity contribution in [3.05, 3.63) is 88.2 Å². The molecular formula is C30H36FN11O4. The number of carboxylic acid groups (broad SMARTS) is 1. The largest absolute Gasteiger partial charge is 0.483 e. The van der Waals surface area contributed by atoms with Gasteiger partial charge in [0, 0.05) is 29.9 Å². The van der Waals surface area contributed by atoms with Crippen LogP contribution in [-0.4, -0.2) is 52.3 Å². The molecule has 0 spiro atoms. The van der Waals surface area contributed by atoms with E-state index < -0.39 is 5.82 Å². The van der Waals surface area contributed by atoms with E-state index in [0.29, 0.717) is 72.2 Å². The first-order valence-electron chi connectivity index (χ1n) is 14.0. The highest BCUT2D eigenvalue weighted by Gasteiger charge is 2.15. The summed E-state index contributed by atoms with van der Waals surface area (Å²) in [5, 5.41) is 16.5. The summed E-state index contributed by atoms with van der Waals surface area (Å²) in [4.78, 5) is 41.4. The predicted molar refractivity (Wildman–Crippen MR) is 174 cm³/mol. The molecule has 2 amide bonds. The highest BCUT2D eigenvalue weighted by Crippen LogP contribution is 2.25. The molecule has 1 heterocycles. The van der Waals surface area contributed by atoms with Gasteiger partial charge in [0.2, 0.25) is 5.95 Å². The van der Waals surface area contributed by atoms with Gasteiger partial charge in [0.1, 0.15) is 11.6 Å². The van der Waals surface area contributed by atoms with E-state index in [2.05, 4.69) is 31.2 Å². The van der Waals surface area contributed by atoms with Gasteiger partial charge in [-0.2, -0.15) is 4.98 Å². The molecular weight excluding hydrogens is 597 g/mol. The molecule has 0 saturated carbocycles. The number of carbonyl (C=O) groups is 3. The molecule has 0 unspecified atom stereocenters. The lowest BCUT2D eigenvalue weighted by molar-refractivity contribution is -0.122. The van der Waals surface area contributed by atoms with Gasteiger partial charge < -0.3 is 38.7 Å². The van der Waals surface area contributed by atoms with Crippen LogP contribution in [0.15, 0.2) is 59.7 Å². The second-order valence-electron chi connectivity index (χ2n) is 9.85. The van der Waals surface area contributed by atoms with Crippen LogP contribution in [0.2, 0.25) is 0 Å². The van der Waals surface area contributed by atoms with Gasteiger partial charge in [0.05, 0.1) is 16.5 Å². The van der Waals surface area contributed by atoms with Crippen molar-refractivity contribution >= 4 is 52.5 Å². The van der Waals surface area contributed by atoms with E-state index in [-0.39, 0.29) is 41.3 Å². The Morgan fingerprint density at radius 1 is 0.891 bits per heavy atom. The SMILES string of the molecule is NN/N=C(\N)c1cc(N)ccc1C(=O)NCCCCNC(=O)c1ccc(CCc2ccc3nc(N)nc(N)c3c2F)cc1.O=CO. The number of amidine groups is 1. The molecule has 46 heavy (non-hydrogen) atoms. The van der Waals surface area contributed by atoms with E-state index in [1.54, 1.807) is 42.5 Å². The van der Waals surface area contributed by atoms with Crippen LogP contribution >= 0.6 is 0 Å². The Hall–Kier alpha value is -6.03. The Morgan fingerprint density at radius 3 is 2.20 bits per heavy atom. The first kappa shape index (κ1) is 34.5. The third-order valence-corrected chi connectivity index (χ3v) is 6.75. The van der Waals surface area contributed by atoms with Crippen LogP contribution in [0.3, 0.4) is 0 Å². The van der Waals surface area contributed by atoms with Crippen LogP contribution in [0, 0.1) is 5.82 Å². The third-order valence-electron chi connectivity index (χ3n) is 6.75. The van der Waals surface area contributed by atoms with E-state index in [0.717, 1.165) is 5.56 Å². The summed E-state index contributed by atoms with van der Waals surface area (Å²) in [7, 11) is 0. The number of benzene rings is 3. The number of halogens is 1. The number of amides is 2. The summed E-state index contributed by atoms with van der Waals surface area (Å²) in [5.74, 6) is 4.21. The summed E-state index contributed by atoms with van der Waals surface area (Å²) in [5.41, 5.74) is 28.6. The number of nitrogens with two attached hydrogens (primary N) is 5. The van der Waals surface area contributed by atoms with Crippen LogP contribution in [-0.2, 0) is 17.6 Å². The molecule has 0 aliphatic carbocycles. The fraction of sp³-hybridized carbons (Fsp3) is 0.200. The number of hydrogen-bond donors (Lipinski definition) is 9. The molecule has 16 heteroatoms. The molecule has 4 aromatic rings. The number of unbranched alkanes of at least 4 members (excludes halogenated alkanes) is 1. The average Bonchev–Trinajstić information content (AvgIpc) is 3.02. The monoisotopic (exact) mass is 633 g/mol. The van der Waals surface area contributed by atoms with Gasteiger partial charge in [0.15, 0.2) is 5.84 Å². The molecule has 0 radical (unpaired) electrons. The van der Waals surface area contributed by atoms with Crippen molar-refractivity contribution in [1.29, 1.82) is 0 Å². The van der Waals surface area contributed by atoms with E-state index in [4.69, 9.17) is 38.7 Å². The number of rotatable bonds is 12. The number of aryl methyl sites for hydroxylation is 2. The number of anilines is 3. The van der Waals surface area contributed by atoms with Crippen molar-refractivity contribution in [2.75, 3.05) is 30.3 Å². The Kier molecular flexibility index (Phi) is 12.5. The molecule has 0 bridgehead atoms. The minimum Gasteiger partial charge on any atom is -0.483 e. The van der Waals surface area contributed by atoms with Crippen LogP contribution in [0.4, 0.5) is 21.8 Å². The van der Waals surface area contributed by atoms with E-state index >= 15 is 4.39 Å². The average molecular weight is 634 g/mol. The van der Waals surface area contributed by atoms with Crippen LogP contribution in [0.5, 0.6) is 0 Å². The van der Waals surface area contributed by atoms with Crippen molar-refractivity contribution < 1.29 is 23.9 Å². The van der Waals surface area contributed by atoms with Gasteiger partial charge >= 0.3 is 0 Å². The molecule has 4 rings (SSSR count). The molecule has 242 valence electrons. The van der Waals surface area contributed by atoms with Crippen LogP contribution < -0.4 is 44.9 Å². The van der Waals surface area contributed by atoms with Gasteiger partial charge in [-0.05, 0) is 73.2 Å². The van der Waals surface area contributed by atoms with Gasteiger partial charge in [-0.1, -0.05) is 18.2 Å². The molecule has 0 aliphatic rings. The smallest absolute Gasteiger partial charge is 0.290 e. The Balaban J connectivity index is 0.00000185. The fourth-order valence-electron chi connectivity index (χ4n) is 4.52. The van der Waals surface area contributed by atoms with Crippen molar-refractivity contribution in [2.45, 2.75) is 25.7 Å². The standard InChI is InChI=1S/C29H34FN11O2.CH2O2/c30-24-17(9-12-22-23(24)26(33)39-29(34)38-22)6-3-16-4-7-18(8-5-16)27(42)36-13-1-2-14-37-28(43)20-11-10-19(31)15-21(20)25(32)40-41-35;2-1-3/h4-5,7-12,15,41H,1-3,6,13-14,31,35H2,(H2,32,40)(H,36,42)(H,37,43)(H4,33,34,38,39);1H,(H,2,3). The molecule has 0 fully saturated rings. The summed E-state index contributed by atoms with van der Waals surface area (Å²) in [6, 6.07) is 15.2. The minimum atomic E-state index is -0.459. The second kappa shape index (κ2) is 16.7. The van der Waals surface area contributed by atoms with Gasteiger partial charge in [-0.3, -0.25) is 14.4 Å². The minimum absolute atomic E-state index is 0.00564.